The molecule has 0 aromatic heterocycles. The second-order valence-electron chi connectivity index (χ2n) is 6.16. The van der Waals surface area contributed by atoms with Crippen molar-refractivity contribution in [1.29, 1.82) is 0 Å². The van der Waals surface area contributed by atoms with Crippen molar-refractivity contribution in [1.82, 2.24) is 5.32 Å². The summed E-state index contributed by atoms with van der Waals surface area (Å²) < 4.78 is 30.7. The van der Waals surface area contributed by atoms with Crippen molar-refractivity contribution in [2.45, 2.75) is 19.9 Å². The standard InChI is InChI=1S/C19H22Cl2N2O4S/c1-4-27-16-8-5-14(6-9-16)13(2)22-19(24)12-23(28(3,25)26)15-7-10-17(20)18(21)11-15/h5-11,13H,4,12H2,1-3H3,(H,22,24)/t13-/m0/s1. The molecule has 6 nitrogen and oxygen atoms in total. The van der Waals surface area contributed by atoms with E-state index in [1.165, 1.54) is 18.2 Å². The van der Waals surface area contributed by atoms with Crippen LogP contribution in [0.25, 0.3) is 0 Å². The molecule has 0 aliphatic carbocycles. The lowest BCUT2D eigenvalue weighted by Crippen LogP contribution is -2.41. The molecular weight excluding hydrogens is 423 g/mol. The van der Waals surface area contributed by atoms with Gasteiger partial charge in [0.05, 0.1) is 34.6 Å². The normalized spacial score (nSPS) is 12.3. The Morgan fingerprint density at radius 2 is 1.79 bits per heavy atom. The molecule has 2 aromatic rings. The number of hydrogen-bond donors (Lipinski definition) is 1. The number of anilines is 1. The van der Waals surface area contributed by atoms with E-state index in [1.54, 1.807) is 0 Å². The number of rotatable bonds is 8. The van der Waals surface area contributed by atoms with Gasteiger partial charge in [-0.15, -0.1) is 0 Å². The van der Waals surface area contributed by atoms with Gasteiger partial charge in [0.1, 0.15) is 12.3 Å². The van der Waals surface area contributed by atoms with Crippen molar-refractivity contribution in [2.75, 3.05) is 23.7 Å². The summed E-state index contributed by atoms with van der Waals surface area (Å²) in [7, 11) is -3.70. The molecule has 0 bridgehead atoms. The summed E-state index contributed by atoms with van der Waals surface area (Å²) >= 11 is 11.9. The Labute approximate surface area is 175 Å². The SMILES string of the molecule is CCOc1ccc([C@H](C)NC(=O)CN(c2ccc(Cl)c(Cl)c2)S(C)(=O)=O)cc1. The number of sulfonamides is 1. The third kappa shape index (κ3) is 6.02. The van der Waals surface area contributed by atoms with E-state index in [2.05, 4.69) is 5.32 Å². The van der Waals surface area contributed by atoms with Gasteiger partial charge < -0.3 is 10.1 Å². The second kappa shape index (κ2) is 9.49. The van der Waals surface area contributed by atoms with E-state index in [9.17, 15) is 13.2 Å². The maximum Gasteiger partial charge on any atom is 0.241 e. The molecule has 0 spiro atoms. The van der Waals surface area contributed by atoms with E-state index in [-0.39, 0.29) is 23.3 Å². The van der Waals surface area contributed by atoms with Gasteiger partial charge in [0, 0.05) is 0 Å². The Hall–Kier alpha value is -1.96. The zero-order valence-electron chi connectivity index (χ0n) is 15.8. The van der Waals surface area contributed by atoms with E-state index in [4.69, 9.17) is 27.9 Å². The van der Waals surface area contributed by atoms with E-state index in [0.717, 1.165) is 21.9 Å². The number of amides is 1. The molecular formula is C19H22Cl2N2O4S. The van der Waals surface area contributed by atoms with Crippen LogP contribution in [-0.2, 0) is 14.8 Å². The fraction of sp³-hybridized carbons (Fsp3) is 0.316. The van der Waals surface area contributed by atoms with Crippen LogP contribution in [0.5, 0.6) is 5.75 Å². The molecule has 1 atom stereocenters. The Morgan fingerprint density at radius 1 is 1.14 bits per heavy atom. The number of ether oxygens (including phenoxy) is 1. The van der Waals surface area contributed by atoms with Crippen molar-refractivity contribution in [3.05, 3.63) is 58.1 Å². The van der Waals surface area contributed by atoms with Gasteiger partial charge in [0.25, 0.3) is 0 Å². The molecule has 0 saturated carbocycles. The average molecular weight is 445 g/mol. The summed E-state index contributed by atoms with van der Waals surface area (Å²) in [5.74, 6) is 0.297. The number of nitrogens with zero attached hydrogens (tertiary/aromatic N) is 1. The lowest BCUT2D eigenvalue weighted by atomic mass is 10.1. The van der Waals surface area contributed by atoms with Gasteiger partial charge in [-0.1, -0.05) is 35.3 Å². The molecule has 1 amide bonds. The van der Waals surface area contributed by atoms with Crippen molar-refractivity contribution >= 4 is 44.8 Å². The van der Waals surface area contributed by atoms with E-state index >= 15 is 0 Å². The van der Waals surface area contributed by atoms with Gasteiger partial charge in [-0.05, 0) is 49.7 Å². The fourth-order valence-electron chi connectivity index (χ4n) is 2.56. The van der Waals surface area contributed by atoms with E-state index < -0.39 is 15.9 Å². The first kappa shape index (κ1) is 22.3. The second-order valence-corrected chi connectivity index (χ2v) is 8.88. The molecule has 0 saturated heterocycles. The highest BCUT2D eigenvalue weighted by molar-refractivity contribution is 7.92. The summed E-state index contributed by atoms with van der Waals surface area (Å²) in [5, 5.41) is 3.30. The summed E-state index contributed by atoms with van der Waals surface area (Å²) in [6, 6.07) is 11.4. The topological polar surface area (TPSA) is 75.7 Å². The van der Waals surface area contributed by atoms with Crippen LogP contribution in [0.15, 0.2) is 42.5 Å². The fourth-order valence-corrected chi connectivity index (χ4v) is 3.70. The first-order valence-electron chi connectivity index (χ1n) is 8.56. The summed E-state index contributed by atoms with van der Waals surface area (Å²) in [6.45, 7) is 3.91. The number of nitrogens with one attached hydrogen (secondary N) is 1. The lowest BCUT2D eigenvalue weighted by Gasteiger charge is -2.23. The van der Waals surface area contributed by atoms with Crippen LogP contribution in [0.4, 0.5) is 5.69 Å². The largest absolute Gasteiger partial charge is 0.494 e. The van der Waals surface area contributed by atoms with Crippen molar-refractivity contribution in [3.8, 4) is 5.75 Å². The zero-order valence-corrected chi connectivity index (χ0v) is 18.1. The maximum absolute atomic E-state index is 12.5. The minimum absolute atomic E-state index is 0.205. The number of carbonyl (C=O) groups excluding carboxylic acids is 1. The van der Waals surface area contributed by atoms with E-state index in [0.29, 0.717) is 11.6 Å². The van der Waals surface area contributed by atoms with Gasteiger partial charge in [-0.2, -0.15) is 0 Å². The summed E-state index contributed by atoms with van der Waals surface area (Å²) in [5.41, 5.74) is 1.14. The molecule has 0 aliphatic rings. The highest BCUT2D eigenvalue weighted by Crippen LogP contribution is 2.28. The molecule has 0 radical (unpaired) electrons. The zero-order chi connectivity index (χ0) is 20.9. The number of halogens is 2. The van der Waals surface area contributed by atoms with Crippen LogP contribution in [0.2, 0.25) is 10.0 Å². The maximum atomic E-state index is 12.5. The molecule has 0 unspecified atom stereocenters. The van der Waals surface area contributed by atoms with Crippen LogP contribution < -0.4 is 14.4 Å². The monoisotopic (exact) mass is 444 g/mol. The Kier molecular flexibility index (Phi) is 7.57. The van der Waals surface area contributed by atoms with E-state index in [1.807, 2.05) is 38.1 Å². The van der Waals surface area contributed by atoms with Gasteiger partial charge >= 0.3 is 0 Å². The summed E-state index contributed by atoms with van der Waals surface area (Å²) in [4.78, 5) is 12.5. The van der Waals surface area contributed by atoms with Crippen molar-refractivity contribution < 1.29 is 17.9 Å². The molecule has 0 fully saturated rings. The van der Waals surface area contributed by atoms with Gasteiger partial charge in [0.2, 0.25) is 15.9 Å². The molecule has 0 aliphatic heterocycles. The summed E-state index contributed by atoms with van der Waals surface area (Å²) in [6.07, 6.45) is 1.03. The smallest absolute Gasteiger partial charge is 0.241 e. The van der Waals surface area contributed by atoms with Crippen LogP contribution in [0.1, 0.15) is 25.5 Å². The number of hydrogen-bond acceptors (Lipinski definition) is 4. The molecule has 0 heterocycles. The predicted molar refractivity (Wildman–Crippen MR) is 113 cm³/mol. The highest BCUT2D eigenvalue weighted by Gasteiger charge is 2.22. The third-order valence-corrected chi connectivity index (χ3v) is 5.83. The Balaban J connectivity index is 2.12. The van der Waals surface area contributed by atoms with Crippen LogP contribution in [0.3, 0.4) is 0 Å². The highest BCUT2D eigenvalue weighted by atomic mass is 35.5. The minimum Gasteiger partial charge on any atom is -0.494 e. The Morgan fingerprint density at radius 3 is 2.32 bits per heavy atom. The first-order chi connectivity index (χ1) is 13.1. The average Bonchev–Trinajstić information content (AvgIpc) is 2.62. The molecule has 28 heavy (non-hydrogen) atoms. The molecule has 9 heteroatoms. The molecule has 2 rings (SSSR count). The number of carbonyl (C=O) groups is 1. The molecule has 152 valence electrons. The van der Waals surface area contributed by atoms with Gasteiger partial charge in [-0.3, -0.25) is 9.10 Å². The quantitative estimate of drug-likeness (QED) is 0.666. The minimum atomic E-state index is -3.70. The third-order valence-electron chi connectivity index (χ3n) is 3.95. The molecule has 2 aromatic carbocycles. The van der Waals surface area contributed by atoms with Gasteiger partial charge in [-0.25, -0.2) is 8.42 Å². The lowest BCUT2D eigenvalue weighted by molar-refractivity contribution is -0.120. The Bertz CT molecular complexity index is 933. The van der Waals surface area contributed by atoms with Crippen LogP contribution in [0, 0.1) is 0 Å². The predicted octanol–water partition coefficient (Wildman–Crippen LogP) is 4.04. The van der Waals surface area contributed by atoms with Crippen molar-refractivity contribution in [2.24, 2.45) is 0 Å². The van der Waals surface area contributed by atoms with Crippen molar-refractivity contribution in [3.63, 3.8) is 0 Å². The number of benzene rings is 2. The van der Waals surface area contributed by atoms with Crippen LogP contribution in [-0.4, -0.2) is 33.7 Å². The van der Waals surface area contributed by atoms with Gasteiger partial charge in [0.15, 0.2) is 0 Å². The molecule has 1 N–H and O–H groups in total. The first-order valence-corrected chi connectivity index (χ1v) is 11.2. The van der Waals surface area contributed by atoms with Crippen LogP contribution >= 0.6 is 23.2 Å².